The predicted molar refractivity (Wildman–Crippen MR) is 219 cm³/mol. The first-order valence-corrected chi connectivity index (χ1v) is 19.3. The summed E-state index contributed by atoms with van der Waals surface area (Å²) in [5, 5.41) is 5.79. The number of carbonyl (C=O) groups is 7. The highest BCUT2D eigenvalue weighted by atomic mass is 16.6. The monoisotopic (exact) mass is 842 g/mol. The standard InChI is InChI=1S/C42H58N4O14/c1-25(47)29-22-28-32(55-35(50)43-18-20-45(37(52)59-41(8,9)10)23-30(48)57-39(2,3)4)26-16-14-15-17-27(26)33(34(28)54-29)56-36(51)44-19-21-46(38(53)60-42(11,12)13)24-31(49)58-40(5,6)7/h14-17,22H,18-21,23-24H2,1-13H3,(H,43,50)(H,44,51). The lowest BCUT2D eigenvalue weighted by Crippen LogP contribution is -2.45. The maximum atomic E-state index is 13.3. The fourth-order valence-electron chi connectivity index (χ4n) is 5.29. The molecule has 3 aromatic rings. The Labute approximate surface area is 349 Å². The number of nitrogens with zero attached hydrogens (tertiary/aromatic N) is 2. The van der Waals surface area contributed by atoms with Crippen LogP contribution >= 0.6 is 0 Å². The molecule has 0 atom stereocenters. The smallest absolute Gasteiger partial charge is 0.412 e. The molecule has 60 heavy (non-hydrogen) atoms. The Kier molecular flexibility index (Phi) is 15.6. The third-order valence-corrected chi connectivity index (χ3v) is 7.42. The number of esters is 2. The molecule has 0 saturated carbocycles. The first kappa shape index (κ1) is 48.3. The molecular formula is C42H58N4O14. The Balaban J connectivity index is 1.85. The minimum absolute atomic E-state index is 0.0324. The molecule has 0 aliphatic rings. The summed E-state index contributed by atoms with van der Waals surface area (Å²) in [5.41, 5.74) is -3.44. The van der Waals surface area contributed by atoms with Crippen LogP contribution in [-0.2, 0) is 28.5 Å². The lowest BCUT2D eigenvalue weighted by atomic mass is 10.1. The fraction of sp³-hybridized carbons (Fsp3) is 0.548. The summed E-state index contributed by atoms with van der Waals surface area (Å²) < 4.78 is 39.0. The maximum absolute atomic E-state index is 13.3. The van der Waals surface area contributed by atoms with E-state index < -0.39 is 77.6 Å². The number of furan rings is 1. The second kappa shape index (κ2) is 19.3. The Morgan fingerprint density at radius 2 is 0.950 bits per heavy atom. The van der Waals surface area contributed by atoms with Gasteiger partial charge in [-0.1, -0.05) is 24.3 Å². The van der Waals surface area contributed by atoms with E-state index in [1.807, 2.05) is 0 Å². The molecule has 3 rings (SSSR count). The molecule has 330 valence electrons. The van der Waals surface area contributed by atoms with Crippen LogP contribution < -0.4 is 20.1 Å². The third-order valence-electron chi connectivity index (χ3n) is 7.42. The van der Waals surface area contributed by atoms with Crippen LogP contribution in [0.25, 0.3) is 21.7 Å². The van der Waals surface area contributed by atoms with Gasteiger partial charge in [0, 0.05) is 43.9 Å². The van der Waals surface area contributed by atoms with Crippen LogP contribution in [0, 0.1) is 0 Å². The molecule has 0 aliphatic heterocycles. The Bertz CT molecular complexity index is 1940. The highest BCUT2D eigenvalue weighted by Crippen LogP contribution is 2.44. The number of hydrogen-bond acceptors (Lipinski definition) is 14. The molecule has 1 aromatic heterocycles. The molecule has 0 unspecified atom stereocenters. The molecule has 1 heterocycles. The normalized spacial score (nSPS) is 11.9. The number of carbonyl (C=O) groups excluding carboxylic acids is 7. The zero-order chi connectivity index (χ0) is 45.4. The van der Waals surface area contributed by atoms with Gasteiger partial charge in [0.15, 0.2) is 28.6 Å². The van der Waals surface area contributed by atoms with Crippen molar-refractivity contribution in [1.29, 1.82) is 0 Å². The van der Waals surface area contributed by atoms with Crippen molar-refractivity contribution in [3.63, 3.8) is 0 Å². The Hall–Kier alpha value is -6.07. The van der Waals surface area contributed by atoms with Crippen molar-refractivity contribution < 1.29 is 66.4 Å². The van der Waals surface area contributed by atoms with Crippen LogP contribution in [0.5, 0.6) is 11.5 Å². The van der Waals surface area contributed by atoms with Crippen molar-refractivity contribution in [1.82, 2.24) is 20.4 Å². The molecule has 0 spiro atoms. The van der Waals surface area contributed by atoms with Crippen molar-refractivity contribution in [3.05, 3.63) is 36.1 Å². The number of amides is 4. The van der Waals surface area contributed by atoms with Crippen molar-refractivity contribution in [2.24, 2.45) is 0 Å². The number of benzene rings is 2. The van der Waals surface area contributed by atoms with E-state index in [0.29, 0.717) is 5.39 Å². The van der Waals surface area contributed by atoms with E-state index in [1.54, 1.807) is 107 Å². The van der Waals surface area contributed by atoms with Gasteiger partial charge in [-0.3, -0.25) is 24.2 Å². The van der Waals surface area contributed by atoms with Gasteiger partial charge >= 0.3 is 36.3 Å². The van der Waals surface area contributed by atoms with Gasteiger partial charge in [-0.2, -0.15) is 0 Å². The van der Waals surface area contributed by atoms with Crippen molar-refractivity contribution in [2.45, 2.75) is 112 Å². The number of Topliss-reactive ketones (excluding diaryl/α,β-unsaturated/α-hetero) is 1. The highest BCUT2D eigenvalue weighted by Gasteiger charge is 2.30. The largest absolute Gasteiger partial charge is 0.459 e. The topological polar surface area (TPSA) is 219 Å². The average Bonchev–Trinajstić information content (AvgIpc) is 3.52. The zero-order valence-electron chi connectivity index (χ0n) is 36.7. The van der Waals surface area contributed by atoms with Crippen molar-refractivity contribution in [2.75, 3.05) is 39.3 Å². The number of ketones is 1. The first-order valence-electron chi connectivity index (χ1n) is 19.3. The zero-order valence-corrected chi connectivity index (χ0v) is 36.7. The molecule has 0 bridgehead atoms. The van der Waals surface area contributed by atoms with Gasteiger partial charge in [0.05, 0.1) is 5.39 Å². The second-order valence-electron chi connectivity index (χ2n) is 17.7. The number of rotatable bonds is 13. The summed E-state index contributed by atoms with van der Waals surface area (Å²) in [6, 6.07) is 7.82. The molecule has 2 N–H and O–H groups in total. The first-order chi connectivity index (χ1) is 27.5. The van der Waals surface area contributed by atoms with E-state index >= 15 is 0 Å². The van der Waals surface area contributed by atoms with Crippen LogP contribution in [0.15, 0.2) is 34.7 Å². The number of hydrogen-bond donors (Lipinski definition) is 2. The van der Waals surface area contributed by atoms with Crippen LogP contribution in [-0.4, -0.2) is 114 Å². The van der Waals surface area contributed by atoms with Crippen LogP contribution in [0.3, 0.4) is 0 Å². The van der Waals surface area contributed by atoms with Gasteiger partial charge in [-0.15, -0.1) is 0 Å². The molecule has 18 nitrogen and oxygen atoms in total. The van der Waals surface area contributed by atoms with E-state index in [1.165, 1.54) is 13.0 Å². The molecule has 0 fully saturated rings. The van der Waals surface area contributed by atoms with Crippen LogP contribution in [0.4, 0.5) is 19.2 Å². The fourth-order valence-corrected chi connectivity index (χ4v) is 5.29. The summed E-state index contributed by atoms with van der Waals surface area (Å²) in [6.07, 6.45) is -3.53. The number of fused-ring (bicyclic) bond motifs is 2. The van der Waals surface area contributed by atoms with Crippen LogP contribution in [0.2, 0.25) is 0 Å². The third kappa shape index (κ3) is 15.6. The molecule has 18 heteroatoms. The summed E-state index contributed by atoms with van der Waals surface area (Å²) in [5.74, 6) is -2.09. The summed E-state index contributed by atoms with van der Waals surface area (Å²) >= 11 is 0. The van der Waals surface area contributed by atoms with Crippen molar-refractivity contribution in [3.8, 4) is 11.5 Å². The minimum Gasteiger partial charge on any atom is -0.459 e. The molecule has 0 saturated heterocycles. The van der Waals surface area contributed by atoms with Gasteiger partial charge in [0.25, 0.3) is 0 Å². The van der Waals surface area contributed by atoms with Gasteiger partial charge < -0.3 is 43.5 Å². The Morgan fingerprint density at radius 1 is 0.567 bits per heavy atom. The maximum Gasteiger partial charge on any atom is 0.412 e. The van der Waals surface area contributed by atoms with E-state index in [9.17, 15) is 33.6 Å². The van der Waals surface area contributed by atoms with E-state index in [-0.39, 0.29) is 59.8 Å². The van der Waals surface area contributed by atoms with E-state index in [0.717, 1.165) is 9.80 Å². The average molecular weight is 843 g/mol. The minimum atomic E-state index is -0.976. The van der Waals surface area contributed by atoms with Crippen LogP contribution in [0.1, 0.15) is 101 Å². The second-order valence-corrected chi connectivity index (χ2v) is 17.7. The molecule has 0 aliphatic carbocycles. The lowest BCUT2D eigenvalue weighted by Gasteiger charge is -2.28. The summed E-state index contributed by atoms with van der Waals surface area (Å²) in [6.45, 7) is 19.9. The molecule has 4 amide bonds. The van der Waals surface area contributed by atoms with Gasteiger partial charge in [0.1, 0.15) is 35.5 Å². The predicted octanol–water partition coefficient (Wildman–Crippen LogP) is 7.12. The number of ether oxygens (including phenoxy) is 6. The highest BCUT2D eigenvalue weighted by molar-refractivity contribution is 6.12. The van der Waals surface area contributed by atoms with Gasteiger partial charge in [0.2, 0.25) is 0 Å². The SMILES string of the molecule is CC(=O)c1cc2c(OC(=O)NCCN(CC(=O)OC(C)(C)C)C(=O)OC(C)(C)C)c3ccccc3c(OC(=O)NCCN(CC(=O)OC(C)(C)C)C(=O)OC(C)(C)C)c2o1. The Morgan fingerprint density at radius 3 is 1.33 bits per heavy atom. The lowest BCUT2D eigenvalue weighted by molar-refractivity contribution is -0.157. The molecule has 0 radical (unpaired) electrons. The van der Waals surface area contributed by atoms with E-state index in [2.05, 4.69) is 10.6 Å². The molecule has 2 aromatic carbocycles. The van der Waals surface area contributed by atoms with Gasteiger partial charge in [-0.05, 0) is 89.2 Å². The summed E-state index contributed by atoms with van der Waals surface area (Å²) in [7, 11) is 0. The van der Waals surface area contributed by atoms with Gasteiger partial charge in [-0.25, -0.2) is 19.2 Å². The quantitative estimate of drug-likeness (QED) is 0.0995. The summed E-state index contributed by atoms with van der Waals surface area (Å²) in [4.78, 5) is 92.4. The van der Waals surface area contributed by atoms with E-state index in [4.69, 9.17) is 32.8 Å². The number of nitrogens with one attached hydrogen (secondary N) is 2. The molecular weight excluding hydrogens is 784 g/mol. The van der Waals surface area contributed by atoms with Crippen molar-refractivity contribution >= 4 is 63.8 Å².